The van der Waals surface area contributed by atoms with Crippen LogP contribution >= 0.6 is 0 Å². The summed E-state index contributed by atoms with van der Waals surface area (Å²) in [7, 11) is 5.43. The molecule has 1 aromatic heterocycles. The quantitative estimate of drug-likeness (QED) is 0.653. The first-order valence-electron chi connectivity index (χ1n) is 4.74. The van der Waals surface area contributed by atoms with Crippen molar-refractivity contribution >= 4 is 19.2 Å². The Morgan fingerprint density at radius 1 is 1.60 bits per heavy atom. The van der Waals surface area contributed by atoms with Gasteiger partial charge in [-0.3, -0.25) is 9.59 Å². The smallest absolute Gasteiger partial charge is 0.250 e. The zero-order valence-electron chi connectivity index (χ0n) is 8.86. The van der Waals surface area contributed by atoms with Crippen LogP contribution in [0.25, 0.3) is 0 Å². The molecule has 1 aromatic rings. The van der Waals surface area contributed by atoms with E-state index in [9.17, 15) is 9.59 Å². The Morgan fingerprint density at radius 3 is 2.80 bits per heavy atom. The minimum atomic E-state index is -0.270. The Balaban J connectivity index is 2.73. The van der Waals surface area contributed by atoms with Gasteiger partial charge in [-0.25, -0.2) is 0 Å². The van der Waals surface area contributed by atoms with E-state index in [0.717, 1.165) is 0 Å². The summed E-state index contributed by atoms with van der Waals surface area (Å²) >= 11 is 0. The second kappa shape index (κ2) is 4.82. The number of hydrogen-bond donors (Lipinski definition) is 1. The van der Waals surface area contributed by atoms with E-state index in [1.165, 1.54) is 16.8 Å². The predicted octanol–water partition coefficient (Wildman–Crippen LogP) is -0.833. The molecule has 0 saturated heterocycles. The van der Waals surface area contributed by atoms with Gasteiger partial charge in [-0.15, -0.1) is 0 Å². The van der Waals surface area contributed by atoms with Gasteiger partial charge >= 0.3 is 0 Å². The molecule has 2 radical (unpaired) electrons. The molecule has 0 aromatic carbocycles. The molecule has 0 aliphatic carbocycles. The van der Waals surface area contributed by atoms with Crippen LogP contribution in [0, 0.1) is 0 Å². The maximum atomic E-state index is 11.4. The van der Waals surface area contributed by atoms with E-state index in [4.69, 9.17) is 7.85 Å². The molecular formula is C10H13BN2O2. The number of carbonyl (C=O) groups excluding carboxylic acids is 1. The van der Waals surface area contributed by atoms with E-state index >= 15 is 0 Å². The molecule has 0 unspecified atom stereocenters. The first-order valence-corrected chi connectivity index (χ1v) is 4.74. The maximum Gasteiger partial charge on any atom is 0.250 e. The van der Waals surface area contributed by atoms with Crippen molar-refractivity contribution in [2.75, 3.05) is 0 Å². The highest BCUT2D eigenvalue weighted by Crippen LogP contribution is 1.83. The van der Waals surface area contributed by atoms with E-state index in [2.05, 4.69) is 5.32 Å². The van der Waals surface area contributed by atoms with Crippen LogP contribution in [-0.4, -0.2) is 24.4 Å². The highest BCUT2D eigenvalue weighted by Gasteiger charge is 2.04. The summed E-state index contributed by atoms with van der Waals surface area (Å²) in [4.78, 5) is 22.7. The maximum absolute atomic E-state index is 11.4. The summed E-state index contributed by atoms with van der Waals surface area (Å²) in [5, 5.41) is 2.70. The minimum absolute atomic E-state index is 0.0251. The number of pyridine rings is 1. The Labute approximate surface area is 89.7 Å². The second-order valence-corrected chi connectivity index (χ2v) is 3.65. The summed E-state index contributed by atoms with van der Waals surface area (Å²) in [5.74, 6) is -0.183. The Morgan fingerprint density at radius 2 is 2.27 bits per heavy atom. The fraction of sp³-hybridized carbons (Fsp3) is 0.400. The number of rotatable bonds is 3. The standard InChI is InChI=1S/C10H13BN2O2/c1-7(2)12-9(14)6-13-4-3-8(11)5-10(13)15/h3-5,7H,6H2,1-2H3,(H,12,14). The van der Waals surface area contributed by atoms with Crippen LogP contribution in [0.1, 0.15) is 13.8 Å². The van der Waals surface area contributed by atoms with Crippen LogP contribution in [-0.2, 0) is 11.3 Å². The summed E-state index contributed by atoms with van der Waals surface area (Å²) in [6.45, 7) is 3.75. The zero-order chi connectivity index (χ0) is 11.4. The third kappa shape index (κ3) is 3.62. The molecule has 1 N–H and O–H groups in total. The molecule has 0 atom stereocenters. The van der Waals surface area contributed by atoms with E-state index in [-0.39, 0.29) is 24.1 Å². The average Bonchev–Trinajstić information content (AvgIpc) is 2.08. The van der Waals surface area contributed by atoms with Gasteiger partial charge in [0, 0.05) is 12.2 Å². The predicted molar refractivity (Wildman–Crippen MR) is 59.4 cm³/mol. The van der Waals surface area contributed by atoms with Crippen molar-refractivity contribution in [2.24, 2.45) is 0 Å². The lowest BCUT2D eigenvalue weighted by atomic mass is 9.98. The molecule has 0 aliphatic heterocycles. The third-order valence-corrected chi connectivity index (χ3v) is 1.78. The summed E-state index contributed by atoms with van der Waals surface area (Å²) in [6.07, 6.45) is 1.51. The van der Waals surface area contributed by atoms with Gasteiger partial charge in [-0.1, -0.05) is 11.5 Å². The number of hydrogen-bond acceptors (Lipinski definition) is 2. The van der Waals surface area contributed by atoms with Crippen LogP contribution in [0.15, 0.2) is 23.1 Å². The monoisotopic (exact) mass is 204 g/mol. The van der Waals surface area contributed by atoms with Crippen molar-refractivity contribution < 1.29 is 4.79 Å². The van der Waals surface area contributed by atoms with Gasteiger partial charge < -0.3 is 9.88 Å². The molecule has 0 aliphatic rings. The molecule has 0 fully saturated rings. The Kier molecular flexibility index (Phi) is 3.71. The van der Waals surface area contributed by atoms with Crippen molar-refractivity contribution in [2.45, 2.75) is 26.4 Å². The molecule has 4 nitrogen and oxygen atoms in total. The zero-order valence-corrected chi connectivity index (χ0v) is 8.86. The van der Waals surface area contributed by atoms with E-state index < -0.39 is 0 Å². The van der Waals surface area contributed by atoms with Crippen LogP contribution in [0.2, 0.25) is 0 Å². The lowest BCUT2D eigenvalue weighted by Gasteiger charge is -2.09. The van der Waals surface area contributed by atoms with E-state index in [1.54, 1.807) is 6.07 Å². The third-order valence-electron chi connectivity index (χ3n) is 1.78. The van der Waals surface area contributed by atoms with Crippen molar-refractivity contribution in [3.05, 3.63) is 28.7 Å². The number of amides is 1. The number of carbonyl (C=O) groups is 1. The van der Waals surface area contributed by atoms with Crippen LogP contribution in [0.4, 0.5) is 0 Å². The fourth-order valence-corrected chi connectivity index (χ4v) is 1.18. The second-order valence-electron chi connectivity index (χ2n) is 3.65. The normalized spacial score (nSPS) is 10.3. The first kappa shape index (κ1) is 11.6. The van der Waals surface area contributed by atoms with Crippen LogP contribution in [0.3, 0.4) is 0 Å². The van der Waals surface area contributed by atoms with Crippen LogP contribution in [0.5, 0.6) is 0 Å². The number of aromatic nitrogens is 1. The average molecular weight is 204 g/mol. The SMILES string of the molecule is [B]c1ccn(CC(=O)NC(C)C)c(=O)c1. The molecule has 5 heteroatoms. The Bertz CT molecular complexity index is 412. The molecule has 0 spiro atoms. The first-order chi connectivity index (χ1) is 6.99. The van der Waals surface area contributed by atoms with Gasteiger partial charge in [-0.05, 0) is 19.9 Å². The van der Waals surface area contributed by atoms with Gasteiger partial charge in [0.05, 0.1) is 0 Å². The molecule has 15 heavy (non-hydrogen) atoms. The Hall–Kier alpha value is -1.52. The molecule has 1 rings (SSSR count). The molecule has 1 amide bonds. The molecule has 1 heterocycles. The highest BCUT2D eigenvalue weighted by molar-refractivity contribution is 6.32. The van der Waals surface area contributed by atoms with Crippen molar-refractivity contribution in [1.82, 2.24) is 9.88 Å². The van der Waals surface area contributed by atoms with Gasteiger partial charge in [-0.2, -0.15) is 0 Å². The van der Waals surface area contributed by atoms with Crippen molar-refractivity contribution in [3.63, 3.8) is 0 Å². The molecular weight excluding hydrogens is 191 g/mol. The minimum Gasteiger partial charge on any atom is -0.352 e. The summed E-state index contributed by atoms with van der Waals surface area (Å²) in [6, 6.07) is 2.95. The molecule has 78 valence electrons. The van der Waals surface area contributed by atoms with Crippen molar-refractivity contribution in [3.8, 4) is 0 Å². The molecule has 0 bridgehead atoms. The van der Waals surface area contributed by atoms with Gasteiger partial charge in [0.1, 0.15) is 14.4 Å². The number of nitrogens with one attached hydrogen (secondary N) is 1. The van der Waals surface area contributed by atoms with Gasteiger partial charge in [0.2, 0.25) is 11.5 Å². The summed E-state index contributed by atoms with van der Waals surface area (Å²) in [5.41, 5.74) is 0.134. The van der Waals surface area contributed by atoms with E-state index in [0.29, 0.717) is 5.46 Å². The van der Waals surface area contributed by atoms with Gasteiger partial charge in [0.15, 0.2) is 0 Å². The highest BCUT2D eigenvalue weighted by atomic mass is 16.2. The van der Waals surface area contributed by atoms with Crippen molar-refractivity contribution in [1.29, 1.82) is 0 Å². The lowest BCUT2D eigenvalue weighted by molar-refractivity contribution is -0.122. The van der Waals surface area contributed by atoms with Gasteiger partial charge in [0.25, 0.3) is 0 Å². The lowest BCUT2D eigenvalue weighted by Crippen LogP contribution is -2.36. The summed E-state index contributed by atoms with van der Waals surface area (Å²) < 4.78 is 1.31. The number of nitrogens with zero attached hydrogens (tertiary/aromatic N) is 1. The fourth-order valence-electron chi connectivity index (χ4n) is 1.18. The topological polar surface area (TPSA) is 51.1 Å². The molecule has 0 saturated carbocycles. The van der Waals surface area contributed by atoms with Crippen LogP contribution < -0.4 is 16.3 Å². The largest absolute Gasteiger partial charge is 0.352 e. The van der Waals surface area contributed by atoms with E-state index in [1.807, 2.05) is 13.8 Å².